The molecule has 0 bridgehead atoms. The van der Waals surface area contributed by atoms with E-state index in [1.54, 1.807) is 0 Å². The van der Waals surface area contributed by atoms with Gasteiger partial charge in [-0.05, 0) is 38.3 Å². The van der Waals surface area contributed by atoms with Crippen LogP contribution in [0.3, 0.4) is 0 Å². The molecule has 0 aliphatic rings. The number of nitrogens with zero attached hydrogens (tertiary/aromatic N) is 1. The summed E-state index contributed by atoms with van der Waals surface area (Å²) in [7, 11) is 0. The molecule has 1 aromatic carbocycles. The van der Waals surface area contributed by atoms with Gasteiger partial charge >= 0.3 is 5.97 Å². The maximum absolute atomic E-state index is 10.8. The van der Waals surface area contributed by atoms with Crippen molar-refractivity contribution in [3.05, 3.63) is 35.4 Å². The van der Waals surface area contributed by atoms with Crippen molar-refractivity contribution in [3.8, 4) is 0 Å². The minimum absolute atomic E-state index is 0.191. The summed E-state index contributed by atoms with van der Waals surface area (Å²) in [6, 6.07) is 9.29. The van der Waals surface area contributed by atoms with E-state index in [1.165, 1.54) is 11.1 Å². The molecule has 0 spiro atoms. The van der Waals surface area contributed by atoms with E-state index in [1.807, 2.05) is 0 Å². The SMILES string of the molecule is CCCc1ccc(C(C)N(CCC(=O)O)C(C)C)cc1. The standard InChI is InChI=1S/C17H27NO2/c1-5-6-15-7-9-16(10-8-15)14(4)18(13(2)3)12-11-17(19)20/h7-10,13-14H,5-6,11-12H2,1-4H3,(H,19,20). The van der Waals surface area contributed by atoms with Gasteiger partial charge in [0.05, 0.1) is 6.42 Å². The predicted octanol–water partition coefficient (Wildman–Crippen LogP) is 3.89. The largest absolute Gasteiger partial charge is 0.481 e. The fraction of sp³-hybridized carbons (Fsp3) is 0.588. The Morgan fingerprint density at radius 3 is 2.25 bits per heavy atom. The topological polar surface area (TPSA) is 40.5 Å². The first-order valence-corrected chi connectivity index (χ1v) is 7.52. The predicted molar refractivity (Wildman–Crippen MR) is 82.9 cm³/mol. The van der Waals surface area contributed by atoms with Crippen molar-refractivity contribution in [2.24, 2.45) is 0 Å². The molecule has 1 unspecified atom stereocenters. The number of hydrogen-bond donors (Lipinski definition) is 1. The highest BCUT2D eigenvalue weighted by Gasteiger charge is 2.19. The molecule has 1 N–H and O–H groups in total. The van der Waals surface area contributed by atoms with Crippen LogP contribution < -0.4 is 0 Å². The van der Waals surface area contributed by atoms with Gasteiger partial charge in [-0.15, -0.1) is 0 Å². The van der Waals surface area contributed by atoms with Gasteiger partial charge in [0, 0.05) is 18.6 Å². The van der Waals surface area contributed by atoms with E-state index < -0.39 is 5.97 Å². The van der Waals surface area contributed by atoms with Crippen molar-refractivity contribution in [2.75, 3.05) is 6.54 Å². The van der Waals surface area contributed by atoms with Crippen LogP contribution in [0.4, 0.5) is 0 Å². The molecule has 1 atom stereocenters. The molecular weight excluding hydrogens is 250 g/mol. The fourth-order valence-electron chi connectivity index (χ4n) is 2.57. The Labute approximate surface area is 122 Å². The number of aryl methyl sites for hydroxylation is 1. The van der Waals surface area contributed by atoms with E-state index in [9.17, 15) is 4.79 Å². The highest BCUT2D eigenvalue weighted by Crippen LogP contribution is 2.23. The smallest absolute Gasteiger partial charge is 0.304 e. The number of carbonyl (C=O) groups is 1. The molecule has 0 aromatic heterocycles. The molecular formula is C17H27NO2. The van der Waals surface area contributed by atoms with Gasteiger partial charge in [-0.3, -0.25) is 9.69 Å². The average Bonchev–Trinajstić information content (AvgIpc) is 2.39. The van der Waals surface area contributed by atoms with E-state index in [0.29, 0.717) is 12.6 Å². The van der Waals surface area contributed by atoms with E-state index in [0.717, 1.165) is 12.8 Å². The molecule has 1 aromatic rings. The van der Waals surface area contributed by atoms with Crippen LogP contribution in [0.1, 0.15) is 57.7 Å². The monoisotopic (exact) mass is 277 g/mol. The first-order valence-electron chi connectivity index (χ1n) is 7.52. The highest BCUT2D eigenvalue weighted by atomic mass is 16.4. The molecule has 1 rings (SSSR count). The molecule has 0 fully saturated rings. The Morgan fingerprint density at radius 2 is 1.80 bits per heavy atom. The summed E-state index contributed by atoms with van der Waals surface area (Å²) in [5.74, 6) is -0.735. The number of rotatable bonds is 8. The number of carboxylic acids is 1. The summed E-state index contributed by atoms with van der Waals surface area (Å²) in [5.41, 5.74) is 2.62. The highest BCUT2D eigenvalue weighted by molar-refractivity contribution is 5.66. The molecule has 0 amide bonds. The third kappa shape index (κ3) is 4.97. The Hall–Kier alpha value is -1.35. The molecule has 0 aliphatic carbocycles. The lowest BCUT2D eigenvalue weighted by molar-refractivity contribution is -0.137. The van der Waals surface area contributed by atoms with E-state index in [2.05, 4.69) is 56.9 Å². The zero-order valence-corrected chi connectivity index (χ0v) is 13.1. The molecule has 112 valence electrons. The second-order valence-electron chi connectivity index (χ2n) is 5.64. The van der Waals surface area contributed by atoms with Gasteiger partial charge in [-0.25, -0.2) is 0 Å². The molecule has 20 heavy (non-hydrogen) atoms. The quantitative estimate of drug-likeness (QED) is 0.783. The molecule has 3 heteroatoms. The zero-order chi connectivity index (χ0) is 15.1. The number of hydrogen-bond acceptors (Lipinski definition) is 2. The Bertz CT molecular complexity index is 412. The lowest BCUT2D eigenvalue weighted by Crippen LogP contribution is -2.35. The molecule has 0 aliphatic heterocycles. The Kier molecular flexibility index (Phi) is 6.73. The second-order valence-corrected chi connectivity index (χ2v) is 5.64. The summed E-state index contributed by atoms with van der Waals surface area (Å²) in [4.78, 5) is 13.0. The van der Waals surface area contributed by atoms with Crippen LogP contribution >= 0.6 is 0 Å². The van der Waals surface area contributed by atoms with Gasteiger partial charge in [-0.1, -0.05) is 37.6 Å². The van der Waals surface area contributed by atoms with Crippen LogP contribution in [0.2, 0.25) is 0 Å². The number of carboxylic acid groups (broad SMARTS) is 1. The van der Waals surface area contributed by atoms with Crippen LogP contribution in [0.15, 0.2) is 24.3 Å². The van der Waals surface area contributed by atoms with Crippen LogP contribution in [0.5, 0.6) is 0 Å². The first kappa shape index (κ1) is 16.7. The van der Waals surface area contributed by atoms with Crippen LogP contribution in [-0.4, -0.2) is 28.6 Å². The Balaban J connectivity index is 2.77. The van der Waals surface area contributed by atoms with Crippen molar-refractivity contribution in [1.82, 2.24) is 4.90 Å². The lowest BCUT2D eigenvalue weighted by Gasteiger charge is -2.32. The van der Waals surface area contributed by atoms with E-state index >= 15 is 0 Å². The summed E-state index contributed by atoms with van der Waals surface area (Å²) in [6.45, 7) is 9.15. The lowest BCUT2D eigenvalue weighted by atomic mass is 10.0. The van der Waals surface area contributed by atoms with Crippen LogP contribution in [0, 0.1) is 0 Å². The number of aliphatic carboxylic acids is 1. The van der Waals surface area contributed by atoms with Gasteiger partial charge in [-0.2, -0.15) is 0 Å². The minimum Gasteiger partial charge on any atom is -0.481 e. The summed E-state index contributed by atoms with van der Waals surface area (Å²) < 4.78 is 0. The third-order valence-electron chi connectivity index (χ3n) is 3.75. The van der Waals surface area contributed by atoms with Gasteiger partial charge in [0.25, 0.3) is 0 Å². The van der Waals surface area contributed by atoms with E-state index in [-0.39, 0.29) is 12.5 Å². The van der Waals surface area contributed by atoms with Crippen molar-refractivity contribution in [2.45, 2.75) is 59.0 Å². The van der Waals surface area contributed by atoms with Crippen LogP contribution in [0.25, 0.3) is 0 Å². The van der Waals surface area contributed by atoms with E-state index in [4.69, 9.17) is 5.11 Å². The normalized spacial score (nSPS) is 12.9. The summed E-state index contributed by atoms with van der Waals surface area (Å²) in [6.07, 6.45) is 2.46. The minimum atomic E-state index is -0.735. The Morgan fingerprint density at radius 1 is 1.20 bits per heavy atom. The van der Waals surface area contributed by atoms with Crippen molar-refractivity contribution in [1.29, 1.82) is 0 Å². The van der Waals surface area contributed by atoms with Gasteiger partial charge in [0.2, 0.25) is 0 Å². The molecule has 0 heterocycles. The fourth-order valence-corrected chi connectivity index (χ4v) is 2.57. The first-order chi connectivity index (χ1) is 9.45. The van der Waals surface area contributed by atoms with Crippen LogP contribution in [-0.2, 0) is 11.2 Å². The van der Waals surface area contributed by atoms with Gasteiger partial charge in [0.1, 0.15) is 0 Å². The van der Waals surface area contributed by atoms with Crippen molar-refractivity contribution < 1.29 is 9.90 Å². The zero-order valence-electron chi connectivity index (χ0n) is 13.1. The average molecular weight is 277 g/mol. The maximum Gasteiger partial charge on any atom is 0.304 e. The van der Waals surface area contributed by atoms with Crippen molar-refractivity contribution >= 4 is 5.97 Å². The van der Waals surface area contributed by atoms with Gasteiger partial charge < -0.3 is 5.11 Å². The van der Waals surface area contributed by atoms with Crippen molar-refractivity contribution in [3.63, 3.8) is 0 Å². The summed E-state index contributed by atoms with van der Waals surface area (Å²) in [5, 5.41) is 8.87. The number of benzene rings is 1. The molecule has 0 saturated heterocycles. The summed E-state index contributed by atoms with van der Waals surface area (Å²) >= 11 is 0. The molecule has 0 saturated carbocycles. The third-order valence-corrected chi connectivity index (χ3v) is 3.75. The van der Waals surface area contributed by atoms with Gasteiger partial charge in [0.15, 0.2) is 0 Å². The maximum atomic E-state index is 10.8. The second kappa shape index (κ2) is 8.05. The molecule has 3 nitrogen and oxygen atoms in total. The molecule has 0 radical (unpaired) electrons.